The summed E-state index contributed by atoms with van der Waals surface area (Å²) in [5, 5.41) is 20.9. The highest BCUT2D eigenvalue weighted by Gasteiger charge is 2.44. The van der Waals surface area contributed by atoms with Gasteiger partial charge in [0.25, 0.3) is 0 Å². The normalized spacial score (nSPS) is 17.8. The standard InChI is InChI=1S/C57H68F2N10O9S/c1-36-53(79-35-62-36)38-10-8-37(9-11-38)27-61-55(73)49-26-42(70)31-68(49)56(74)54(57(2,3)4)65-50(71)33-77-22-20-76-21-23-78-34-51(72)67-14-12-41(13-15-67)69-30-40(28-63-69)48-29-60-47-7-5-6-43(52(47)64-48)39-24-45(58)44(46(59)25-39)32-66-16-18-75-19-17-66/h5-11,24-25,28-30,35,41-42,49,54,70H,12-23,26-27,31-34H2,1-4H3,(H,61,73)(H,65,71)/t42-,49+,54-/m1/s1. The number of aryl methyl sites for hydroxylation is 1. The van der Waals surface area contributed by atoms with Crippen molar-refractivity contribution < 1.29 is 52.0 Å². The molecule has 6 aromatic rings. The smallest absolute Gasteiger partial charge is 0.248 e. The minimum atomic E-state index is -0.999. The van der Waals surface area contributed by atoms with Crippen molar-refractivity contribution in [2.24, 2.45) is 5.41 Å². The van der Waals surface area contributed by atoms with E-state index >= 15 is 8.78 Å². The Morgan fingerprint density at radius 2 is 1.58 bits per heavy atom. The molecule has 4 amide bonds. The van der Waals surface area contributed by atoms with Crippen molar-refractivity contribution in [3.8, 4) is 32.8 Å². The number of ether oxygens (including phenoxy) is 4. The Kier molecular flexibility index (Phi) is 18.8. The summed E-state index contributed by atoms with van der Waals surface area (Å²) in [5.74, 6) is -2.73. The molecule has 19 nitrogen and oxygen atoms in total. The lowest BCUT2D eigenvalue weighted by atomic mass is 9.85. The second kappa shape index (κ2) is 26.1. The molecule has 0 saturated carbocycles. The zero-order chi connectivity index (χ0) is 55.6. The van der Waals surface area contributed by atoms with Gasteiger partial charge in [0.2, 0.25) is 23.6 Å². The minimum Gasteiger partial charge on any atom is -0.391 e. The highest BCUT2D eigenvalue weighted by molar-refractivity contribution is 7.13. The molecule has 0 spiro atoms. The monoisotopic (exact) mass is 1110 g/mol. The molecule has 6 heterocycles. The fourth-order valence-corrected chi connectivity index (χ4v) is 10.9. The van der Waals surface area contributed by atoms with E-state index in [1.54, 1.807) is 46.3 Å². The quantitative estimate of drug-likeness (QED) is 0.0735. The molecule has 0 unspecified atom stereocenters. The molecule has 3 N–H and O–H groups in total. The van der Waals surface area contributed by atoms with Gasteiger partial charge in [-0.05, 0) is 60.1 Å². The maximum atomic E-state index is 15.4. The van der Waals surface area contributed by atoms with E-state index in [1.165, 1.54) is 17.0 Å². The van der Waals surface area contributed by atoms with E-state index in [2.05, 4.69) is 25.7 Å². The number of carbonyl (C=O) groups is 4. The van der Waals surface area contributed by atoms with Gasteiger partial charge in [-0.1, -0.05) is 57.2 Å². The third-order valence-electron chi connectivity index (χ3n) is 14.5. The number of piperidine rings is 1. The third-order valence-corrected chi connectivity index (χ3v) is 15.5. The highest BCUT2D eigenvalue weighted by Crippen LogP contribution is 2.33. The zero-order valence-corrected chi connectivity index (χ0v) is 45.8. The molecular weight excluding hydrogens is 1040 g/mol. The number of morpholine rings is 1. The second-order valence-electron chi connectivity index (χ2n) is 21.2. The van der Waals surface area contributed by atoms with E-state index in [0.717, 1.165) is 27.3 Å². The van der Waals surface area contributed by atoms with Crippen LogP contribution in [-0.2, 0) is 51.2 Å². The number of para-hydroxylation sites is 1. The van der Waals surface area contributed by atoms with Crippen LogP contribution in [0.25, 0.3) is 43.9 Å². The minimum absolute atomic E-state index is 0.0289. The van der Waals surface area contributed by atoms with E-state index in [0.29, 0.717) is 80.1 Å². The Morgan fingerprint density at radius 1 is 0.873 bits per heavy atom. The van der Waals surface area contributed by atoms with Crippen LogP contribution < -0.4 is 10.6 Å². The molecule has 3 aromatic heterocycles. The number of likely N-dealkylation sites (tertiary alicyclic amines) is 2. The number of fused-ring (bicyclic) bond motifs is 1. The lowest BCUT2D eigenvalue weighted by Crippen LogP contribution is -2.58. The van der Waals surface area contributed by atoms with E-state index in [9.17, 15) is 24.3 Å². The van der Waals surface area contributed by atoms with Crippen molar-refractivity contribution in [2.45, 2.75) is 84.3 Å². The van der Waals surface area contributed by atoms with E-state index in [1.807, 2.05) is 73.8 Å². The Morgan fingerprint density at radius 3 is 2.28 bits per heavy atom. The maximum Gasteiger partial charge on any atom is 0.248 e. The lowest BCUT2D eigenvalue weighted by Gasteiger charge is -2.35. The van der Waals surface area contributed by atoms with Crippen LogP contribution in [0.15, 0.2) is 78.7 Å². The van der Waals surface area contributed by atoms with Gasteiger partial charge in [0.15, 0.2) is 0 Å². The number of hydrogen-bond acceptors (Lipinski definition) is 15. The summed E-state index contributed by atoms with van der Waals surface area (Å²) < 4.78 is 54.9. The number of nitrogens with zero attached hydrogens (tertiary/aromatic N) is 8. The van der Waals surface area contributed by atoms with Crippen molar-refractivity contribution in [2.75, 3.05) is 85.6 Å². The van der Waals surface area contributed by atoms with Crippen molar-refractivity contribution in [3.63, 3.8) is 0 Å². The number of aliphatic hydroxyl groups is 1. The summed E-state index contributed by atoms with van der Waals surface area (Å²) in [6.07, 6.45) is 5.83. The molecule has 3 aliphatic rings. The Balaban J connectivity index is 0.660. The van der Waals surface area contributed by atoms with Crippen LogP contribution in [0.2, 0.25) is 0 Å². The fourth-order valence-electron chi connectivity index (χ4n) is 10.1. The van der Waals surface area contributed by atoms with Gasteiger partial charge in [-0.15, -0.1) is 11.3 Å². The van der Waals surface area contributed by atoms with Crippen LogP contribution in [0.4, 0.5) is 8.78 Å². The van der Waals surface area contributed by atoms with Crippen LogP contribution in [0.5, 0.6) is 0 Å². The number of halogens is 2. The van der Waals surface area contributed by atoms with Gasteiger partial charge in [-0.2, -0.15) is 5.10 Å². The van der Waals surface area contributed by atoms with Crippen LogP contribution in [0, 0.1) is 24.0 Å². The van der Waals surface area contributed by atoms with Crippen molar-refractivity contribution >= 4 is 46.0 Å². The van der Waals surface area contributed by atoms with Gasteiger partial charge in [-0.3, -0.25) is 33.7 Å². The van der Waals surface area contributed by atoms with Gasteiger partial charge >= 0.3 is 0 Å². The van der Waals surface area contributed by atoms with Crippen molar-refractivity contribution in [1.82, 2.24) is 50.1 Å². The molecule has 22 heteroatoms. The fraction of sp³-hybridized carbons (Fsp3) is 0.474. The molecule has 79 heavy (non-hydrogen) atoms. The van der Waals surface area contributed by atoms with Gasteiger partial charge in [-0.25, -0.2) is 18.7 Å². The van der Waals surface area contributed by atoms with E-state index in [-0.39, 0.29) is 83.2 Å². The van der Waals surface area contributed by atoms with Crippen LogP contribution in [-0.4, -0.2) is 172 Å². The first-order valence-electron chi connectivity index (χ1n) is 26.7. The summed E-state index contributed by atoms with van der Waals surface area (Å²) in [7, 11) is 0. The molecule has 3 atom stereocenters. The number of aliphatic hydroxyl groups excluding tert-OH is 1. The molecule has 0 bridgehead atoms. The number of aromatic nitrogens is 5. The molecule has 9 rings (SSSR count). The van der Waals surface area contributed by atoms with Gasteiger partial charge < -0.3 is 44.5 Å². The molecule has 3 saturated heterocycles. The average molecular weight is 1110 g/mol. The first-order chi connectivity index (χ1) is 38.1. The first kappa shape index (κ1) is 57.0. The average Bonchev–Trinajstić information content (AvgIpc) is 4.32. The van der Waals surface area contributed by atoms with Crippen LogP contribution in [0.1, 0.15) is 62.9 Å². The summed E-state index contributed by atoms with van der Waals surface area (Å²) in [6.45, 7) is 11.3. The highest BCUT2D eigenvalue weighted by atomic mass is 32.1. The van der Waals surface area contributed by atoms with E-state index < -0.39 is 53.0 Å². The van der Waals surface area contributed by atoms with Gasteiger partial charge in [0.1, 0.15) is 36.9 Å². The molecule has 0 radical (unpaired) electrons. The largest absolute Gasteiger partial charge is 0.391 e. The molecule has 3 fully saturated rings. The van der Waals surface area contributed by atoms with Gasteiger partial charge in [0, 0.05) is 75.1 Å². The van der Waals surface area contributed by atoms with Gasteiger partial charge in [0.05, 0.1) is 97.0 Å². The van der Waals surface area contributed by atoms with Crippen LogP contribution >= 0.6 is 11.3 Å². The number of hydrogen-bond donors (Lipinski definition) is 3. The second-order valence-corrected chi connectivity index (χ2v) is 22.1. The van der Waals surface area contributed by atoms with E-state index in [4.69, 9.17) is 23.9 Å². The summed E-state index contributed by atoms with van der Waals surface area (Å²) >= 11 is 1.56. The number of benzene rings is 3. The predicted molar refractivity (Wildman–Crippen MR) is 291 cm³/mol. The molecule has 3 aromatic carbocycles. The Bertz CT molecular complexity index is 3060. The topological polar surface area (TPSA) is 216 Å². The van der Waals surface area contributed by atoms with Crippen LogP contribution in [0.3, 0.4) is 0 Å². The summed E-state index contributed by atoms with van der Waals surface area (Å²) in [6, 6.07) is 14.1. The lowest BCUT2D eigenvalue weighted by molar-refractivity contribution is -0.144. The zero-order valence-electron chi connectivity index (χ0n) is 45.0. The Hall–Kier alpha value is -6.66. The summed E-state index contributed by atoms with van der Waals surface area (Å²) in [4.78, 5) is 73.6. The first-order valence-corrected chi connectivity index (χ1v) is 27.6. The van der Waals surface area contributed by atoms with Crippen molar-refractivity contribution in [1.29, 1.82) is 0 Å². The Labute approximate surface area is 461 Å². The maximum absolute atomic E-state index is 15.4. The van der Waals surface area contributed by atoms with Crippen molar-refractivity contribution in [3.05, 3.63) is 107 Å². The predicted octanol–water partition coefficient (Wildman–Crippen LogP) is 5.73. The molecular formula is C57H68F2N10O9S. The number of thiazole rings is 1. The molecule has 420 valence electrons. The number of rotatable bonds is 21. The summed E-state index contributed by atoms with van der Waals surface area (Å²) in [5.41, 5.74) is 7.31. The number of amides is 4. The third kappa shape index (κ3) is 14.4. The SMILES string of the molecule is Cc1ncsc1-c1ccc(CNC(=O)[C@@H]2C[C@@H](O)CN2C(=O)[C@@H](NC(=O)COCCOCCOCC(=O)N2CCC(n3cc(-c4cnc5cccc(-c6cc(F)c(CN7CCOCC7)c(F)c6)c5n4)cn3)CC2)C(C)(C)C)cc1. The number of nitrogens with one attached hydrogen (secondary N) is 2. The molecule has 0 aliphatic carbocycles. The number of β-amino-alcohol motifs (C(OH)–C–C–N with tert-alkyl or cyclic N) is 1. The molecule has 3 aliphatic heterocycles. The number of carbonyl (C=O) groups excluding carboxylic acids is 4.